The molecule has 0 aromatic rings. The molecule has 0 bridgehead atoms. The van der Waals surface area contributed by atoms with Crippen molar-refractivity contribution in [2.24, 2.45) is 11.8 Å². The molecule has 2 atom stereocenters. The summed E-state index contributed by atoms with van der Waals surface area (Å²) in [7, 11) is 0. The third-order valence-corrected chi connectivity index (χ3v) is 3.81. The van der Waals surface area contributed by atoms with Gasteiger partial charge >= 0.3 is 0 Å². The summed E-state index contributed by atoms with van der Waals surface area (Å²) in [5.74, 6) is 1.61. The Hall–Kier alpha value is -0.120. The number of aliphatic hydroxyl groups is 1. The minimum atomic E-state index is -0.167. The van der Waals surface area contributed by atoms with Crippen LogP contribution in [0.4, 0.5) is 0 Å². The number of hydrogen-bond donors (Lipinski definition) is 2. The van der Waals surface area contributed by atoms with Gasteiger partial charge in [0, 0.05) is 19.1 Å². The molecule has 2 unspecified atom stereocenters. The zero-order chi connectivity index (χ0) is 13.1. The second kappa shape index (κ2) is 6.17. The summed E-state index contributed by atoms with van der Waals surface area (Å²) in [4.78, 5) is 2.50. The monoisotopic (exact) mass is 242 g/mol. The Morgan fingerprint density at radius 1 is 1.35 bits per heavy atom. The van der Waals surface area contributed by atoms with Gasteiger partial charge in [-0.25, -0.2) is 0 Å². The van der Waals surface area contributed by atoms with Gasteiger partial charge in [-0.05, 0) is 31.7 Å². The van der Waals surface area contributed by atoms with Crippen molar-refractivity contribution < 1.29 is 5.11 Å². The Morgan fingerprint density at radius 3 is 2.41 bits per heavy atom. The third kappa shape index (κ3) is 4.57. The topological polar surface area (TPSA) is 35.5 Å². The highest BCUT2D eigenvalue weighted by Crippen LogP contribution is 2.24. The Labute approximate surface area is 107 Å². The number of nitrogens with zero attached hydrogens (tertiary/aromatic N) is 1. The van der Waals surface area contributed by atoms with Gasteiger partial charge in [0.2, 0.25) is 0 Å². The smallest absolute Gasteiger partial charge is 0.0623 e. The largest absolute Gasteiger partial charge is 0.394 e. The van der Waals surface area contributed by atoms with Gasteiger partial charge in [-0.1, -0.05) is 27.7 Å². The fourth-order valence-corrected chi connectivity index (χ4v) is 2.88. The molecule has 0 saturated carbocycles. The van der Waals surface area contributed by atoms with E-state index in [4.69, 9.17) is 0 Å². The lowest BCUT2D eigenvalue weighted by molar-refractivity contribution is 0.121. The number of rotatable bonds is 6. The molecular formula is C14H30N2O. The van der Waals surface area contributed by atoms with Gasteiger partial charge < -0.3 is 15.3 Å². The standard InChI is InChI=1S/C14H30N2O/c1-11(2)13-6-7-16(8-13)9-14(5,10-17)15-12(3)4/h11-13,15,17H,6-10H2,1-5H3. The highest BCUT2D eigenvalue weighted by Gasteiger charge is 2.31. The molecule has 1 heterocycles. The predicted octanol–water partition coefficient (Wildman–Crippen LogP) is 1.71. The average molecular weight is 242 g/mol. The van der Waals surface area contributed by atoms with Crippen LogP contribution in [-0.2, 0) is 0 Å². The van der Waals surface area contributed by atoms with Crippen LogP contribution in [0.2, 0.25) is 0 Å². The van der Waals surface area contributed by atoms with Crippen molar-refractivity contribution in [3.05, 3.63) is 0 Å². The van der Waals surface area contributed by atoms with Gasteiger partial charge in [-0.15, -0.1) is 0 Å². The molecule has 0 aliphatic carbocycles. The van der Waals surface area contributed by atoms with E-state index in [1.807, 2.05) is 0 Å². The van der Waals surface area contributed by atoms with Crippen LogP contribution in [-0.4, -0.2) is 47.8 Å². The van der Waals surface area contributed by atoms with Crippen molar-refractivity contribution in [1.29, 1.82) is 0 Å². The molecule has 1 rings (SSSR count). The molecule has 17 heavy (non-hydrogen) atoms. The lowest BCUT2D eigenvalue weighted by Gasteiger charge is -2.35. The van der Waals surface area contributed by atoms with Gasteiger partial charge in [0.15, 0.2) is 0 Å². The van der Waals surface area contributed by atoms with E-state index in [1.165, 1.54) is 19.5 Å². The molecule has 3 nitrogen and oxygen atoms in total. The van der Waals surface area contributed by atoms with Crippen molar-refractivity contribution in [3.63, 3.8) is 0 Å². The van der Waals surface area contributed by atoms with Gasteiger partial charge in [0.25, 0.3) is 0 Å². The van der Waals surface area contributed by atoms with E-state index < -0.39 is 0 Å². The maximum Gasteiger partial charge on any atom is 0.0623 e. The SMILES string of the molecule is CC(C)NC(C)(CO)CN1CCC(C(C)C)C1. The summed E-state index contributed by atoms with van der Waals surface area (Å²) >= 11 is 0. The van der Waals surface area contributed by atoms with Gasteiger partial charge in [0.1, 0.15) is 0 Å². The molecule has 0 aromatic heterocycles. The van der Waals surface area contributed by atoms with Crippen LogP contribution in [0.25, 0.3) is 0 Å². The molecule has 0 radical (unpaired) electrons. The molecule has 102 valence electrons. The molecule has 2 N–H and O–H groups in total. The van der Waals surface area contributed by atoms with Crippen molar-refractivity contribution in [2.45, 2.75) is 52.6 Å². The zero-order valence-electron chi connectivity index (χ0n) is 12.2. The summed E-state index contributed by atoms with van der Waals surface area (Å²) in [5, 5.41) is 13.1. The summed E-state index contributed by atoms with van der Waals surface area (Å²) in [6.45, 7) is 14.5. The van der Waals surface area contributed by atoms with E-state index in [0.717, 1.165) is 18.4 Å². The lowest BCUT2D eigenvalue weighted by Crippen LogP contribution is -2.55. The van der Waals surface area contributed by atoms with E-state index in [0.29, 0.717) is 6.04 Å². The average Bonchev–Trinajstić information content (AvgIpc) is 2.65. The van der Waals surface area contributed by atoms with Crippen LogP contribution < -0.4 is 5.32 Å². The Morgan fingerprint density at radius 2 is 2.00 bits per heavy atom. The van der Waals surface area contributed by atoms with E-state index >= 15 is 0 Å². The highest BCUT2D eigenvalue weighted by molar-refractivity contribution is 4.90. The van der Waals surface area contributed by atoms with Crippen molar-refractivity contribution in [2.75, 3.05) is 26.2 Å². The van der Waals surface area contributed by atoms with Crippen LogP contribution >= 0.6 is 0 Å². The van der Waals surface area contributed by atoms with Crippen LogP contribution in [0.3, 0.4) is 0 Å². The quantitative estimate of drug-likeness (QED) is 0.744. The molecule has 0 amide bonds. The minimum absolute atomic E-state index is 0.167. The molecule has 0 spiro atoms. The fraction of sp³-hybridized carbons (Fsp3) is 1.00. The summed E-state index contributed by atoms with van der Waals surface area (Å²) in [5.41, 5.74) is -0.167. The first-order valence-corrected chi connectivity index (χ1v) is 6.97. The van der Waals surface area contributed by atoms with Crippen molar-refractivity contribution in [3.8, 4) is 0 Å². The lowest BCUT2D eigenvalue weighted by atomic mass is 9.95. The first-order chi connectivity index (χ1) is 7.86. The minimum Gasteiger partial charge on any atom is -0.394 e. The Kier molecular flexibility index (Phi) is 5.42. The van der Waals surface area contributed by atoms with Crippen LogP contribution in [0.1, 0.15) is 41.0 Å². The van der Waals surface area contributed by atoms with Crippen molar-refractivity contribution >= 4 is 0 Å². The van der Waals surface area contributed by atoms with Crippen LogP contribution in [0.15, 0.2) is 0 Å². The molecule has 1 fully saturated rings. The maximum absolute atomic E-state index is 9.58. The molecule has 3 heteroatoms. The molecule has 1 aliphatic heterocycles. The summed E-state index contributed by atoms with van der Waals surface area (Å²) in [6, 6.07) is 0.413. The summed E-state index contributed by atoms with van der Waals surface area (Å²) in [6.07, 6.45) is 1.31. The first kappa shape index (κ1) is 14.9. The maximum atomic E-state index is 9.58. The number of likely N-dealkylation sites (tertiary alicyclic amines) is 1. The van der Waals surface area contributed by atoms with E-state index in [9.17, 15) is 5.11 Å². The second-order valence-corrected chi connectivity index (χ2v) is 6.55. The summed E-state index contributed by atoms with van der Waals surface area (Å²) < 4.78 is 0. The molecule has 1 aliphatic rings. The Bertz CT molecular complexity index is 230. The van der Waals surface area contributed by atoms with Crippen molar-refractivity contribution in [1.82, 2.24) is 10.2 Å². The molecule has 0 aromatic carbocycles. The molecule has 1 saturated heterocycles. The highest BCUT2D eigenvalue weighted by atomic mass is 16.3. The zero-order valence-corrected chi connectivity index (χ0v) is 12.2. The predicted molar refractivity (Wildman–Crippen MR) is 73.1 cm³/mol. The van der Waals surface area contributed by atoms with Crippen LogP contribution in [0, 0.1) is 11.8 Å². The number of hydrogen-bond acceptors (Lipinski definition) is 3. The van der Waals surface area contributed by atoms with Gasteiger partial charge in [-0.3, -0.25) is 0 Å². The first-order valence-electron chi connectivity index (χ1n) is 6.97. The molecular weight excluding hydrogens is 212 g/mol. The van der Waals surface area contributed by atoms with E-state index in [1.54, 1.807) is 0 Å². The third-order valence-electron chi connectivity index (χ3n) is 3.81. The van der Waals surface area contributed by atoms with E-state index in [-0.39, 0.29) is 12.1 Å². The van der Waals surface area contributed by atoms with E-state index in [2.05, 4.69) is 44.8 Å². The fourth-order valence-electron chi connectivity index (χ4n) is 2.88. The Balaban J connectivity index is 2.47. The number of nitrogens with one attached hydrogen (secondary N) is 1. The van der Waals surface area contributed by atoms with Crippen LogP contribution in [0.5, 0.6) is 0 Å². The second-order valence-electron chi connectivity index (χ2n) is 6.55. The van der Waals surface area contributed by atoms with Gasteiger partial charge in [0.05, 0.1) is 12.1 Å². The normalized spacial score (nSPS) is 25.8. The van der Waals surface area contributed by atoms with Gasteiger partial charge in [-0.2, -0.15) is 0 Å². The number of aliphatic hydroxyl groups excluding tert-OH is 1.